The highest BCUT2D eigenvalue weighted by molar-refractivity contribution is 5.83. The SMILES string of the molecule is COC(=O)C1(Cc2cccc(-c3ccc([C@H](N[C@@H](CC(C)C)C(=O)NC4(C#N)CC4)C(F)F)cc3)c2)CCC1. The molecule has 2 aromatic carbocycles. The average Bonchev–Trinajstić information content (AvgIpc) is 3.67. The number of esters is 1. The van der Waals surface area contributed by atoms with Crippen LogP contribution in [-0.2, 0) is 20.7 Å². The molecule has 2 atom stereocenters. The van der Waals surface area contributed by atoms with E-state index >= 15 is 0 Å². The maximum Gasteiger partial charge on any atom is 0.312 e. The van der Waals surface area contributed by atoms with Gasteiger partial charge in [-0.25, -0.2) is 8.78 Å². The van der Waals surface area contributed by atoms with Gasteiger partial charge in [0.25, 0.3) is 6.43 Å². The van der Waals surface area contributed by atoms with Crippen molar-refractivity contribution in [3.05, 3.63) is 59.7 Å². The van der Waals surface area contributed by atoms with Gasteiger partial charge in [-0.15, -0.1) is 0 Å². The minimum absolute atomic E-state index is 0.0942. The third kappa shape index (κ3) is 6.65. The highest BCUT2D eigenvalue weighted by atomic mass is 19.3. The van der Waals surface area contributed by atoms with Crippen LogP contribution in [0.25, 0.3) is 11.1 Å². The molecule has 0 aliphatic heterocycles. The van der Waals surface area contributed by atoms with Crippen LogP contribution < -0.4 is 10.6 Å². The normalized spacial score (nSPS) is 18.5. The largest absolute Gasteiger partial charge is 0.469 e. The van der Waals surface area contributed by atoms with Gasteiger partial charge in [-0.3, -0.25) is 14.9 Å². The van der Waals surface area contributed by atoms with Crippen LogP contribution in [0.3, 0.4) is 0 Å². The summed E-state index contributed by atoms with van der Waals surface area (Å²) in [5, 5.41) is 15.0. The summed E-state index contributed by atoms with van der Waals surface area (Å²) in [4.78, 5) is 25.3. The van der Waals surface area contributed by atoms with Crippen molar-refractivity contribution in [2.24, 2.45) is 11.3 Å². The minimum Gasteiger partial charge on any atom is -0.469 e. The van der Waals surface area contributed by atoms with Crippen molar-refractivity contribution in [1.82, 2.24) is 10.6 Å². The smallest absolute Gasteiger partial charge is 0.312 e. The third-order valence-corrected chi connectivity index (χ3v) is 7.98. The first-order valence-electron chi connectivity index (χ1n) is 13.7. The number of alkyl halides is 2. The van der Waals surface area contributed by atoms with E-state index < -0.39 is 35.4 Å². The van der Waals surface area contributed by atoms with E-state index in [9.17, 15) is 23.6 Å². The van der Waals surface area contributed by atoms with Crippen molar-refractivity contribution in [1.29, 1.82) is 5.26 Å². The number of halogens is 2. The molecule has 1 amide bonds. The highest BCUT2D eigenvalue weighted by Crippen LogP contribution is 2.45. The molecule has 8 heteroatoms. The van der Waals surface area contributed by atoms with Crippen molar-refractivity contribution in [2.45, 2.75) is 82.8 Å². The molecule has 0 saturated heterocycles. The third-order valence-electron chi connectivity index (χ3n) is 7.98. The number of hydrogen-bond acceptors (Lipinski definition) is 5. The van der Waals surface area contributed by atoms with Crippen LogP contribution in [0.5, 0.6) is 0 Å². The van der Waals surface area contributed by atoms with Crippen LogP contribution in [0.1, 0.15) is 69.5 Å². The Balaban J connectivity index is 1.50. The lowest BCUT2D eigenvalue weighted by molar-refractivity contribution is -0.158. The fourth-order valence-corrected chi connectivity index (χ4v) is 5.37. The van der Waals surface area contributed by atoms with Gasteiger partial charge in [0.15, 0.2) is 0 Å². The van der Waals surface area contributed by atoms with Gasteiger partial charge in [-0.05, 0) is 66.7 Å². The number of nitrogens with one attached hydrogen (secondary N) is 2. The second kappa shape index (κ2) is 11.8. The number of nitriles is 1. The molecule has 2 N–H and O–H groups in total. The summed E-state index contributed by atoms with van der Waals surface area (Å²) < 4.78 is 33.5. The quantitative estimate of drug-likeness (QED) is 0.338. The molecule has 0 radical (unpaired) electrons. The summed E-state index contributed by atoms with van der Waals surface area (Å²) in [6, 6.07) is 14.8. The number of amides is 1. The lowest BCUT2D eigenvalue weighted by Gasteiger charge is -2.39. The van der Waals surface area contributed by atoms with Gasteiger partial charge in [-0.1, -0.05) is 68.8 Å². The van der Waals surface area contributed by atoms with Crippen LogP contribution in [0, 0.1) is 22.7 Å². The molecule has 39 heavy (non-hydrogen) atoms. The fraction of sp³-hybridized carbons (Fsp3) is 0.516. The zero-order chi connectivity index (χ0) is 28.2. The van der Waals surface area contributed by atoms with Crippen molar-refractivity contribution < 1.29 is 23.1 Å². The monoisotopic (exact) mass is 537 g/mol. The van der Waals surface area contributed by atoms with Gasteiger partial charge in [0, 0.05) is 0 Å². The van der Waals surface area contributed by atoms with Gasteiger partial charge >= 0.3 is 5.97 Å². The van der Waals surface area contributed by atoms with Gasteiger partial charge in [0.05, 0.1) is 30.7 Å². The first-order chi connectivity index (χ1) is 18.6. The molecule has 2 aliphatic carbocycles. The average molecular weight is 538 g/mol. The number of hydrogen-bond donors (Lipinski definition) is 2. The van der Waals surface area contributed by atoms with Crippen molar-refractivity contribution >= 4 is 11.9 Å². The minimum atomic E-state index is -2.73. The summed E-state index contributed by atoms with van der Waals surface area (Å²) in [6.45, 7) is 3.86. The molecule has 2 saturated carbocycles. The standard InChI is InChI=1S/C31H37F2N3O3/c1-20(2)16-25(28(37)36-31(19-34)14-15-31)35-26(27(32)33)23-10-8-22(9-11-23)24-7-4-6-21(17-24)18-30(12-5-13-30)29(38)39-3/h4,6-11,17,20,25-27,35H,5,12-16,18H2,1-3H3,(H,36,37)/t25-,26-/m0/s1. The number of nitrogens with zero attached hydrogens (tertiary/aromatic N) is 1. The predicted octanol–water partition coefficient (Wildman–Crippen LogP) is 5.72. The first-order valence-corrected chi connectivity index (χ1v) is 13.7. The van der Waals surface area contributed by atoms with Gasteiger partial charge < -0.3 is 10.1 Å². The van der Waals surface area contributed by atoms with Crippen molar-refractivity contribution in [3.63, 3.8) is 0 Å². The van der Waals surface area contributed by atoms with E-state index in [0.717, 1.165) is 36.0 Å². The van der Waals surface area contributed by atoms with Crippen LogP contribution >= 0.6 is 0 Å². The summed E-state index contributed by atoms with van der Waals surface area (Å²) >= 11 is 0. The van der Waals surface area contributed by atoms with E-state index in [2.05, 4.69) is 16.7 Å². The summed E-state index contributed by atoms with van der Waals surface area (Å²) in [5.74, 6) is -0.492. The lowest BCUT2D eigenvalue weighted by Crippen LogP contribution is -2.51. The molecule has 4 rings (SSSR count). The zero-order valence-corrected chi connectivity index (χ0v) is 22.8. The predicted molar refractivity (Wildman–Crippen MR) is 145 cm³/mol. The molecule has 2 aromatic rings. The van der Waals surface area contributed by atoms with Crippen LogP contribution in [0.4, 0.5) is 8.78 Å². The van der Waals surface area contributed by atoms with E-state index in [1.807, 2.05) is 38.1 Å². The first kappa shape index (κ1) is 28.7. The van der Waals surface area contributed by atoms with E-state index in [1.54, 1.807) is 24.3 Å². The molecule has 0 heterocycles. The summed E-state index contributed by atoms with van der Waals surface area (Å²) in [5.41, 5.74) is 1.89. The number of ether oxygens (including phenoxy) is 1. The topological polar surface area (TPSA) is 91.2 Å². The number of carbonyl (C=O) groups is 2. The number of carbonyl (C=O) groups excluding carboxylic acids is 2. The molecular formula is C31H37F2N3O3. The summed E-state index contributed by atoms with van der Waals surface area (Å²) in [6.07, 6.45) is 2.03. The van der Waals surface area contributed by atoms with E-state index in [1.165, 1.54) is 7.11 Å². The summed E-state index contributed by atoms with van der Waals surface area (Å²) in [7, 11) is 1.43. The molecule has 208 valence electrons. The Morgan fingerprint density at radius 2 is 1.74 bits per heavy atom. The Morgan fingerprint density at radius 1 is 1.05 bits per heavy atom. The molecule has 2 aliphatic rings. The molecule has 0 bridgehead atoms. The Hall–Kier alpha value is -3.31. The van der Waals surface area contributed by atoms with E-state index in [0.29, 0.717) is 31.2 Å². The lowest BCUT2D eigenvalue weighted by atomic mass is 9.65. The maximum absolute atomic E-state index is 14.2. The Kier molecular flexibility index (Phi) is 8.70. The van der Waals surface area contributed by atoms with Crippen LogP contribution in [0.2, 0.25) is 0 Å². The molecule has 0 spiro atoms. The highest BCUT2D eigenvalue weighted by Gasteiger charge is 2.46. The van der Waals surface area contributed by atoms with Gasteiger partial charge in [-0.2, -0.15) is 5.26 Å². The Morgan fingerprint density at radius 3 is 2.26 bits per heavy atom. The van der Waals surface area contributed by atoms with E-state index in [4.69, 9.17) is 4.74 Å². The van der Waals surface area contributed by atoms with E-state index in [-0.39, 0.29) is 11.9 Å². The number of methoxy groups -OCH3 is 1. The Labute approximate surface area is 229 Å². The maximum atomic E-state index is 14.2. The molecule has 0 unspecified atom stereocenters. The zero-order valence-electron chi connectivity index (χ0n) is 22.8. The Bertz CT molecular complexity index is 1210. The molecule has 0 aromatic heterocycles. The van der Waals surface area contributed by atoms with Crippen molar-refractivity contribution in [2.75, 3.05) is 7.11 Å². The van der Waals surface area contributed by atoms with Gasteiger partial charge in [0.2, 0.25) is 5.91 Å². The molecule has 2 fully saturated rings. The number of rotatable bonds is 12. The second-order valence-corrected chi connectivity index (χ2v) is 11.5. The van der Waals surface area contributed by atoms with Crippen LogP contribution in [-0.4, -0.2) is 37.0 Å². The fourth-order valence-electron chi connectivity index (χ4n) is 5.37. The second-order valence-electron chi connectivity index (χ2n) is 11.5. The van der Waals surface area contributed by atoms with Gasteiger partial charge in [0.1, 0.15) is 5.54 Å². The van der Waals surface area contributed by atoms with Crippen molar-refractivity contribution in [3.8, 4) is 17.2 Å². The van der Waals surface area contributed by atoms with Crippen LogP contribution in [0.15, 0.2) is 48.5 Å². The number of benzene rings is 2. The molecular weight excluding hydrogens is 500 g/mol. The molecule has 6 nitrogen and oxygen atoms in total.